The van der Waals surface area contributed by atoms with E-state index < -0.39 is 0 Å². The number of anilines is 5. The number of carbonyl (C=O) groups excluding carboxylic acids is 3. The van der Waals surface area contributed by atoms with Crippen molar-refractivity contribution in [2.24, 2.45) is 5.92 Å². The van der Waals surface area contributed by atoms with Crippen LogP contribution in [0, 0.1) is 12.8 Å². The molecule has 6 heterocycles. The van der Waals surface area contributed by atoms with Crippen LogP contribution in [0.25, 0.3) is 11.3 Å². The molecule has 61 heavy (non-hydrogen) atoms. The molecule has 0 radical (unpaired) electrons. The van der Waals surface area contributed by atoms with Crippen LogP contribution in [0.3, 0.4) is 0 Å². The number of aromatic nitrogens is 5. The van der Waals surface area contributed by atoms with Gasteiger partial charge in [-0.2, -0.15) is 4.98 Å². The van der Waals surface area contributed by atoms with E-state index in [-0.39, 0.29) is 35.2 Å². The number of carbonyl (C=O) groups is 3. The molecule has 9 rings (SSSR count). The lowest BCUT2D eigenvalue weighted by atomic mass is 9.95. The topological polar surface area (TPSA) is 178 Å². The molecule has 0 spiro atoms. The summed E-state index contributed by atoms with van der Waals surface area (Å²) in [4.78, 5) is 63.7. The van der Waals surface area contributed by atoms with Gasteiger partial charge in [0.15, 0.2) is 5.82 Å². The number of urea groups is 1. The second-order valence-electron chi connectivity index (χ2n) is 17.1. The van der Waals surface area contributed by atoms with Crippen LogP contribution < -0.4 is 30.7 Å². The maximum Gasteiger partial charge on any atom is 0.328 e. The summed E-state index contributed by atoms with van der Waals surface area (Å²) in [5, 5.41) is 12.7. The standard InChI is InChI=1S/C45H52N12O4/c1-29-24-32(4-10-36(29)30(2)49-41(59)42-52-43(53-61-42)45(3)15-16-45)37-25-39(48-28-47-37)50-38-11-9-35(26-46-38)56-22-20-54(21-23-56)27-31-12-17-55(18-13-31)33-5-7-34(8-6-33)57-19-14-40(58)51-44(57)60/h4-11,24-26,28,30-31H,12-23,27H2,1-3H3,(H,49,59)(H,51,58,60)(H,46,47,48,50)/t30-/m1/s1. The monoisotopic (exact) mass is 824 g/mol. The number of aryl methyl sites for hydroxylation is 1. The summed E-state index contributed by atoms with van der Waals surface area (Å²) in [7, 11) is 0. The number of benzene rings is 2. The largest absolute Gasteiger partial charge is 0.372 e. The molecule has 1 saturated carbocycles. The van der Waals surface area contributed by atoms with Gasteiger partial charge < -0.3 is 25.0 Å². The fraction of sp³-hybridized carbons (Fsp3) is 0.422. The van der Waals surface area contributed by atoms with Crippen LogP contribution in [0.15, 0.2) is 77.7 Å². The number of pyridine rings is 1. The molecule has 0 unspecified atom stereocenters. The first-order valence-electron chi connectivity index (χ1n) is 21.3. The third-order valence-corrected chi connectivity index (χ3v) is 12.7. The maximum absolute atomic E-state index is 12.9. The van der Waals surface area contributed by atoms with Crippen molar-refractivity contribution >= 4 is 46.5 Å². The minimum atomic E-state index is -0.385. The van der Waals surface area contributed by atoms with Crippen molar-refractivity contribution in [3.05, 3.63) is 96.0 Å². The van der Waals surface area contributed by atoms with Gasteiger partial charge in [-0.05, 0) is 99.0 Å². The average Bonchev–Trinajstić information content (AvgIpc) is 3.81. The molecule has 3 aliphatic heterocycles. The van der Waals surface area contributed by atoms with Gasteiger partial charge in [0.05, 0.1) is 23.6 Å². The number of nitrogens with one attached hydrogen (secondary N) is 3. The molecule has 16 nitrogen and oxygen atoms in total. The minimum Gasteiger partial charge on any atom is -0.372 e. The third-order valence-electron chi connectivity index (χ3n) is 12.7. The Morgan fingerprint density at radius 3 is 2.31 bits per heavy atom. The lowest BCUT2D eigenvalue weighted by Crippen LogP contribution is -2.49. The Bertz CT molecular complexity index is 2380. The molecule has 16 heteroatoms. The molecule has 2 aromatic carbocycles. The van der Waals surface area contributed by atoms with Gasteiger partial charge in [-0.25, -0.2) is 19.7 Å². The summed E-state index contributed by atoms with van der Waals surface area (Å²) in [6.07, 6.45) is 8.11. The molecule has 5 aromatic rings. The van der Waals surface area contributed by atoms with E-state index >= 15 is 0 Å². The first-order valence-corrected chi connectivity index (χ1v) is 21.3. The number of amides is 4. The van der Waals surface area contributed by atoms with E-state index in [4.69, 9.17) is 9.51 Å². The molecule has 0 bridgehead atoms. The Morgan fingerprint density at radius 1 is 0.869 bits per heavy atom. The number of rotatable bonds is 12. The zero-order valence-corrected chi connectivity index (χ0v) is 34.9. The van der Waals surface area contributed by atoms with E-state index in [1.165, 1.54) is 5.69 Å². The van der Waals surface area contributed by atoms with Gasteiger partial charge in [0.2, 0.25) is 5.91 Å². The SMILES string of the molecule is Cc1cc(-c2cc(Nc3ccc(N4CCN(CC5CCN(c6ccc(N7CCC(=O)NC7=O)cc6)CC5)CC4)cn3)ncn2)ccc1[C@@H](C)NC(=O)c1nc(C2(C)CC2)no1. The Hall–Kier alpha value is -6.42. The van der Waals surface area contributed by atoms with Crippen LogP contribution in [0.4, 0.5) is 33.5 Å². The predicted molar refractivity (Wildman–Crippen MR) is 232 cm³/mol. The summed E-state index contributed by atoms with van der Waals surface area (Å²) in [5.41, 5.74) is 6.73. The summed E-state index contributed by atoms with van der Waals surface area (Å²) in [6.45, 7) is 13.6. The van der Waals surface area contributed by atoms with Gasteiger partial charge in [-0.3, -0.25) is 24.7 Å². The molecule has 1 aliphatic carbocycles. The Morgan fingerprint density at radius 2 is 1.61 bits per heavy atom. The lowest BCUT2D eigenvalue weighted by molar-refractivity contribution is -0.120. The smallest absolute Gasteiger partial charge is 0.328 e. The zero-order chi connectivity index (χ0) is 42.1. The number of imide groups is 1. The van der Waals surface area contributed by atoms with Gasteiger partial charge >= 0.3 is 17.8 Å². The third kappa shape index (κ3) is 9.04. The van der Waals surface area contributed by atoms with E-state index in [0.29, 0.717) is 36.3 Å². The van der Waals surface area contributed by atoms with Gasteiger partial charge in [0.1, 0.15) is 18.0 Å². The molecular weight excluding hydrogens is 773 g/mol. The van der Waals surface area contributed by atoms with Gasteiger partial charge in [-0.1, -0.05) is 24.2 Å². The highest BCUT2D eigenvalue weighted by Gasteiger charge is 2.44. The summed E-state index contributed by atoms with van der Waals surface area (Å²) in [6, 6.07) is 19.6. The summed E-state index contributed by atoms with van der Waals surface area (Å²) < 4.78 is 5.26. The maximum atomic E-state index is 12.9. The highest BCUT2D eigenvalue weighted by atomic mass is 16.5. The van der Waals surface area contributed by atoms with Crippen LogP contribution >= 0.6 is 0 Å². The van der Waals surface area contributed by atoms with E-state index in [0.717, 1.165) is 105 Å². The van der Waals surface area contributed by atoms with Gasteiger partial charge in [-0.15, -0.1) is 0 Å². The van der Waals surface area contributed by atoms with Gasteiger partial charge in [0.25, 0.3) is 0 Å². The van der Waals surface area contributed by atoms with E-state index in [2.05, 4.69) is 81.9 Å². The normalized spacial score (nSPS) is 18.8. The molecule has 4 aliphatic rings. The number of hydrogen-bond acceptors (Lipinski definition) is 13. The van der Waals surface area contributed by atoms with Crippen molar-refractivity contribution in [3.8, 4) is 11.3 Å². The van der Waals surface area contributed by atoms with Crippen LogP contribution in [0.5, 0.6) is 0 Å². The molecule has 3 saturated heterocycles. The van der Waals surface area contributed by atoms with Crippen LogP contribution in [0.1, 0.15) is 79.6 Å². The van der Waals surface area contributed by atoms with Crippen molar-refractivity contribution in [1.29, 1.82) is 0 Å². The number of piperazine rings is 1. The summed E-state index contributed by atoms with van der Waals surface area (Å²) in [5.74, 6) is 2.00. The number of piperidine rings is 1. The Balaban J connectivity index is 0.722. The second-order valence-corrected chi connectivity index (χ2v) is 17.1. The fourth-order valence-corrected chi connectivity index (χ4v) is 8.57. The quantitative estimate of drug-likeness (QED) is 0.134. The second kappa shape index (κ2) is 16.9. The molecule has 4 amide bonds. The minimum absolute atomic E-state index is 0.0111. The zero-order valence-electron chi connectivity index (χ0n) is 34.9. The first-order chi connectivity index (χ1) is 29.6. The van der Waals surface area contributed by atoms with E-state index in [1.807, 2.05) is 56.4 Å². The molecule has 4 fully saturated rings. The van der Waals surface area contributed by atoms with Crippen molar-refractivity contribution < 1.29 is 18.9 Å². The molecule has 316 valence electrons. The number of nitrogens with zero attached hydrogens (tertiary/aromatic N) is 9. The van der Waals surface area contributed by atoms with Crippen LogP contribution in [0.2, 0.25) is 0 Å². The Labute approximate surface area is 355 Å². The molecule has 3 aromatic heterocycles. The first kappa shape index (κ1) is 40.0. The van der Waals surface area contributed by atoms with Crippen molar-refractivity contribution in [2.45, 2.75) is 64.3 Å². The van der Waals surface area contributed by atoms with Crippen molar-refractivity contribution in [3.63, 3.8) is 0 Å². The van der Waals surface area contributed by atoms with E-state index in [9.17, 15) is 14.4 Å². The van der Waals surface area contributed by atoms with Crippen LogP contribution in [-0.4, -0.2) is 100 Å². The predicted octanol–water partition coefficient (Wildman–Crippen LogP) is 6.00. The van der Waals surface area contributed by atoms with Crippen LogP contribution in [-0.2, 0) is 10.2 Å². The molecule has 1 atom stereocenters. The van der Waals surface area contributed by atoms with Gasteiger partial charge in [0, 0.05) is 87.2 Å². The lowest BCUT2D eigenvalue weighted by Gasteiger charge is -2.40. The highest BCUT2D eigenvalue weighted by molar-refractivity contribution is 6.05. The average molecular weight is 825 g/mol. The highest BCUT2D eigenvalue weighted by Crippen LogP contribution is 2.46. The Kier molecular flexibility index (Phi) is 11.1. The van der Waals surface area contributed by atoms with Crippen molar-refractivity contribution in [1.82, 2.24) is 40.6 Å². The van der Waals surface area contributed by atoms with Crippen molar-refractivity contribution in [2.75, 3.05) is 72.4 Å². The fourth-order valence-electron chi connectivity index (χ4n) is 8.57. The summed E-state index contributed by atoms with van der Waals surface area (Å²) >= 11 is 0. The molecular formula is C45H52N12O4. The van der Waals surface area contributed by atoms with E-state index in [1.54, 1.807) is 11.2 Å². The number of hydrogen-bond donors (Lipinski definition) is 3. The molecule has 3 N–H and O–H groups in total.